The molecule has 2 atom stereocenters. The number of nitrogens with zero attached hydrogens (tertiary/aromatic N) is 2. The topological polar surface area (TPSA) is 73.2 Å². The Hall–Kier alpha value is -1.92. The highest BCUT2D eigenvalue weighted by Gasteiger charge is 2.32. The van der Waals surface area contributed by atoms with E-state index in [2.05, 4.69) is 10.4 Å². The lowest BCUT2D eigenvalue weighted by atomic mass is 9.87. The molecule has 2 aromatic rings. The highest BCUT2D eigenvalue weighted by atomic mass is 35.5. The van der Waals surface area contributed by atoms with Gasteiger partial charge in [-0.2, -0.15) is 0 Å². The molecule has 2 fully saturated rings. The quantitative estimate of drug-likeness (QED) is 0.890. The summed E-state index contributed by atoms with van der Waals surface area (Å²) in [6.07, 6.45) is 5.49. The number of carbonyl (C=O) groups is 1. The number of benzene rings is 1. The largest absolute Gasteiger partial charge is 0.381 e. The van der Waals surface area contributed by atoms with Gasteiger partial charge in [-0.3, -0.25) is 15.0 Å². The highest BCUT2D eigenvalue weighted by molar-refractivity contribution is 6.31. The third-order valence-corrected chi connectivity index (χ3v) is 5.59. The fraction of sp³-hybridized carbons (Fsp3) is 0.526. The van der Waals surface area contributed by atoms with Gasteiger partial charge < -0.3 is 4.74 Å². The summed E-state index contributed by atoms with van der Waals surface area (Å²) >= 11 is 6.04. The molecule has 1 heterocycles. The first-order valence-corrected chi connectivity index (χ1v) is 9.50. The lowest BCUT2D eigenvalue weighted by Gasteiger charge is -2.27. The number of fused-ring (bicyclic) bond motifs is 1. The average molecular weight is 376 g/mol. The molecular formula is C19H22ClN3O3. The zero-order chi connectivity index (χ0) is 18.3. The normalized spacial score (nSPS) is 23.2. The van der Waals surface area contributed by atoms with Crippen molar-refractivity contribution >= 4 is 28.4 Å². The molecule has 1 N–H and O–H groups in total. The predicted octanol–water partition coefficient (Wildman–Crippen LogP) is 3.20. The number of hydrogen-bond acceptors (Lipinski definition) is 4. The number of halogens is 1. The van der Waals surface area contributed by atoms with Gasteiger partial charge in [-0.25, -0.2) is 9.66 Å². The van der Waals surface area contributed by atoms with Crippen molar-refractivity contribution in [3.8, 4) is 0 Å². The molecule has 1 aromatic carbocycles. The first-order valence-electron chi connectivity index (χ1n) is 9.12. The van der Waals surface area contributed by atoms with Gasteiger partial charge in [0.05, 0.1) is 17.0 Å². The van der Waals surface area contributed by atoms with Crippen molar-refractivity contribution < 1.29 is 9.53 Å². The summed E-state index contributed by atoms with van der Waals surface area (Å²) in [6.45, 7) is 0. The number of nitrogens with one attached hydrogen (secondary N) is 1. The Morgan fingerprint density at radius 3 is 2.85 bits per heavy atom. The van der Waals surface area contributed by atoms with Crippen LogP contribution in [0.3, 0.4) is 0 Å². The van der Waals surface area contributed by atoms with Crippen molar-refractivity contribution in [2.45, 2.75) is 50.5 Å². The van der Waals surface area contributed by atoms with Crippen LogP contribution in [0.4, 0.5) is 0 Å². The number of amides is 1. The second-order valence-corrected chi connectivity index (χ2v) is 7.68. The Bertz CT molecular complexity index is 907. The number of ether oxygens (including phenoxy) is 1. The van der Waals surface area contributed by atoms with Gasteiger partial charge in [-0.1, -0.05) is 18.0 Å². The van der Waals surface area contributed by atoms with Crippen LogP contribution < -0.4 is 11.0 Å². The Balaban J connectivity index is 1.68. The Morgan fingerprint density at radius 2 is 2.12 bits per heavy atom. The molecule has 26 heavy (non-hydrogen) atoms. The van der Waals surface area contributed by atoms with E-state index in [0.29, 0.717) is 28.2 Å². The summed E-state index contributed by atoms with van der Waals surface area (Å²) in [5.41, 5.74) is 3.16. The standard InChI is InChI=1S/C19H22ClN3O3/c1-26-14-4-2-3-12(9-14)18(24)22-23-17(11-5-6-11)21-16-10-13(20)7-8-15(16)19(23)25/h7-8,10-12,14H,2-6,9H2,1H3,(H,22,24)/t12-,14-/m0/s1. The molecule has 2 saturated carbocycles. The first kappa shape index (κ1) is 17.5. The van der Waals surface area contributed by atoms with Crippen molar-refractivity contribution in [3.63, 3.8) is 0 Å². The van der Waals surface area contributed by atoms with E-state index in [-0.39, 0.29) is 29.4 Å². The summed E-state index contributed by atoms with van der Waals surface area (Å²) < 4.78 is 6.77. The van der Waals surface area contributed by atoms with Crippen LogP contribution in [0.15, 0.2) is 23.0 Å². The maximum Gasteiger partial charge on any atom is 0.280 e. The smallest absolute Gasteiger partial charge is 0.280 e. The number of carbonyl (C=O) groups excluding carboxylic acids is 1. The summed E-state index contributed by atoms with van der Waals surface area (Å²) in [5.74, 6) is 0.557. The van der Waals surface area contributed by atoms with Crippen LogP contribution >= 0.6 is 11.6 Å². The van der Waals surface area contributed by atoms with Crippen LogP contribution in [-0.2, 0) is 9.53 Å². The Morgan fingerprint density at radius 1 is 1.31 bits per heavy atom. The summed E-state index contributed by atoms with van der Waals surface area (Å²) in [4.78, 5) is 30.4. The maximum absolute atomic E-state index is 13.0. The molecule has 6 nitrogen and oxygen atoms in total. The van der Waals surface area contributed by atoms with Crippen LogP contribution in [-0.4, -0.2) is 28.8 Å². The first-order chi connectivity index (χ1) is 12.6. The van der Waals surface area contributed by atoms with Gasteiger partial charge >= 0.3 is 0 Å². The molecule has 4 rings (SSSR count). The molecule has 0 saturated heterocycles. The minimum Gasteiger partial charge on any atom is -0.381 e. The van der Waals surface area contributed by atoms with E-state index in [0.717, 1.165) is 32.1 Å². The number of aromatic nitrogens is 2. The molecule has 2 aliphatic rings. The summed E-state index contributed by atoms with van der Waals surface area (Å²) in [6, 6.07) is 5.02. The van der Waals surface area contributed by atoms with Crippen molar-refractivity contribution in [2.24, 2.45) is 5.92 Å². The van der Waals surface area contributed by atoms with E-state index in [1.165, 1.54) is 4.68 Å². The van der Waals surface area contributed by atoms with Crippen LogP contribution in [0.25, 0.3) is 10.9 Å². The summed E-state index contributed by atoms with van der Waals surface area (Å²) in [5, 5.41) is 0.998. The molecule has 1 amide bonds. The minimum absolute atomic E-state index is 0.107. The molecule has 0 unspecified atom stereocenters. The molecule has 0 radical (unpaired) electrons. The minimum atomic E-state index is -0.249. The fourth-order valence-corrected chi connectivity index (χ4v) is 3.86. The van der Waals surface area contributed by atoms with Crippen molar-refractivity contribution in [2.75, 3.05) is 12.5 Å². The lowest BCUT2D eigenvalue weighted by Crippen LogP contribution is -2.40. The van der Waals surface area contributed by atoms with E-state index < -0.39 is 0 Å². The Labute approximate surface area is 156 Å². The maximum atomic E-state index is 13.0. The van der Waals surface area contributed by atoms with E-state index in [1.54, 1.807) is 25.3 Å². The highest BCUT2D eigenvalue weighted by Crippen LogP contribution is 2.39. The summed E-state index contributed by atoms with van der Waals surface area (Å²) in [7, 11) is 1.68. The molecular weight excluding hydrogens is 354 g/mol. The van der Waals surface area contributed by atoms with E-state index in [1.807, 2.05) is 0 Å². The third-order valence-electron chi connectivity index (χ3n) is 5.35. The molecule has 7 heteroatoms. The average Bonchev–Trinajstić information content (AvgIpc) is 3.48. The van der Waals surface area contributed by atoms with Crippen LogP contribution in [0.2, 0.25) is 5.02 Å². The van der Waals surface area contributed by atoms with Crippen molar-refractivity contribution in [3.05, 3.63) is 39.4 Å². The lowest BCUT2D eigenvalue weighted by molar-refractivity contribution is -0.123. The van der Waals surface area contributed by atoms with E-state index in [9.17, 15) is 9.59 Å². The third kappa shape index (κ3) is 3.35. The number of methoxy groups -OCH3 is 1. The zero-order valence-electron chi connectivity index (χ0n) is 14.7. The zero-order valence-corrected chi connectivity index (χ0v) is 15.5. The SMILES string of the molecule is CO[C@H]1CCC[C@H](C(=O)Nn2c(C3CC3)nc3cc(Cl)ccc3c2=O)C1. The number of hydrogen-bond donors (Lipinski definition) is 1. The van der Waals surface area contributed by atoms with Crippen molar-refractivity contribution in [1.29, 1.82) is 0 Å². The van der Waals surface area contributed by atoms with Gasteiger partial charge in [0.2, 0.25) is 5.91 Å². The van der Waals surface area contributed by atoms with Gasteiger partial charge in [0, 0.05) is 24.0 Å². The molecule has 0 spiro atoms. The van der Waals surface area contributed by atoms with Crippen LogP contribution in [0.5, 0.6) is 0 Å². The molecule has 0 bridgehead atoms. The van der Waals surface area contributed by atoms with Gasteiger partial charge in [0.15, 0.2) is 0 Å². The second-order valence-electron chi connectivity index (χ2n) is 7.24. The van der Waals surface area contributed by atoms with Gasteiger partial charge in [0.25, 0.3) is 5.56 Å². The van der Waals surface area contributed by atoms with Gasteiger partial charge in [-0.15, -0.1) is 0 Å². The molecule has 138 valence electrons. The monoisotopic (exact) mass is 375 g/mol. The predicted molar refractivity (Wildman–Crippen MR) is 100 cm³/mol. The van der Waals surface area contributed by atoms with Gasteiger partial charge in [0.1, 0.15) is 5.82 Å². The fourth-order valence-electron chi connectivity index (χ4n) is 3.70. The second kappa shape index (κ2) is 7.00. The van der Waals surface area contributed by atoms with E-state index in [4.69, 9.17) is 16.3 Å². The van der Waals surface area contributed by atoms with E-state index >= 15 is 0 Å². The Kier molecular flexibility index (Phi) is 4.71. The van der Waals surface area contributed by atoms with Crippen LogP contribution in [0, 0.1) is 5.92 Å². The molecule has 2 aliphatic carbocycles. The molecule has 1 aromatic heterocycles. The van der Waals surface area contributed by atoms with Crippen molar-refractivity contribution in [1.82, 2.24) is 9.66 Å². The molecule has 0 aliphatic heterocycles. The van der Waals surface area contributed by atoms with Crippen LogP contribution in [0.1, 0.15) is 50.3 Å². The number of rotatable bonds is 4. The van der Waals surface area contributed by atoms with Gasteiger partial charge in [-0.05, 0) is 50.3 Å².